The number of hydrogen-bond donors (Lipinski definition) is 0. The highest BCUT2D eigenvalue weighted by molar-refractivity contribution is 6.30. The second-order valence-corrected chi connectivity index (χ2v) is 7.97. The first-order chi connectivity index (χ1) is 14.4. The first kappa shape index (κ1) is 22.2. The number of halogens is 3. The predicted molar refractivity (Wildman–Crippen MR) is 114 cm³/mol. The topological polar surface area (TPSA) is 42.4 Å². The van der Waals surface area contributed by atoms with Gasteiger partial charge in [0, 0.05) is 25.2 Å². The molecule has 0 spiro atoms. The highest BCUT2D eigenvalue weighted by Gasteiger charge is 2.30. The van der Waals surface area contributed by atoms with Gasteiger partial charge in [-0.15, -0.1) is 0 Å². The van der Waals surface area contributed by atoms with Crippen LogP contribution in [0.5, 0.6) is 5.75 Å². The van der Waals surface area contributed by atoms with Gasteiger partial charge in [-0.3, -0.25) is 4.79 Å². The Labute approximate surface area is 180 Å². The third kappa shape index (κ3) is 5.57. The van der Waals surface area contributed by atoms with Crippen LogP contribution < -0.4 is 4.74 Å². The van der Waals surface area contributed by atoms with Crippen molar-refractivity contribution in [3.05, 3.63) is 64.5 Å². The molecule has 160 valence electrons. The number of hydrogen-bond acceptors (Lipinski definition) is 3. The zero-order valence-corrected chi connectivity index (χ0v) is 17.8. The summed E-state index contributed by atoms with van der Waals surface area (Å²) < 4.78 is 33.0. The summed E-state index contributed by atoms with van der Waals surface area (Å²) in [5.41, 5.74) is 0.738. The van der Waals surface area contributed by atoms with E-state index in [4.69, 9.17) is 16.3 Å². The van der Waals surface area contributed by atoms with Crippen molar-refractivity contribution >= 4 is 23.6 Å². The maximum atomic E-state index is 13.9. The van der Waals surface area contributed by atoms with Gasteiger partial charge < -0.3 is 9.64 Å². The Bertz CT molecular complexity index is 935. The van der Waals surface area contributed by atoms with Crippen LogP contribution in [0.15, 0.2) is 36.5 Å². The molecule has 30 heavy (non-hydrogen) atoms. The third-order valence-electron chi connectivity index (χ3n) is 5.26. The van der Waals surface area contributed by atoms with Gasteiger partial charge in [0.05, 0.1) is 12.1 Å². The number of pyridine rings is 1. The van der Waals surface area contributed by atoms with E-state index in [1.54, 1.807) is 6.20 Å². The van der Waals surface area contributed by atoms with E-state index >= 15 is 0 Å². The molecule has 1 amide bonds. The zero-order valence-electron chi connectivity index (χ0n) is 17.1. The monoisotopic (exact) mass is 434 g/mol. The summed E-state index contributed by atoms with van der Waals surface area (Å²) in [6, 6.07) is 4.78. The fraction of sp³-hybridized carbons (Fsp3) is 0.391. The smallest absolute Gasteiger partial charge is 0.256 e. The van der Waals surface area contributed by atoms with E-state index in [0.29, 0.717) is 37.2 Å². The lowest BCUT2D eigenvalue weighted by atomic mass is 10.0. The van der Waals surface area contributed by atoms with E-state index < -0.39 is 17.5 Å². The van der Waals surface area contributed by atoms with Gasteiger partial charge in [-0.2, -0.15) is 0 Å². The predicted octanol–water partition coefficient (Wildman–Crippen LogP) is 5.76. The lowest BCUT2D eigenvalue weighted by Crippen LogP contribution is -2.31. The number of allylic oxidation sites excluding steroid dienone is 1. The van der Waals surface area contributed by atoms with Crippen LogP contribution in [0, 0.1) is 17.6 Å². The Hall–Kier alpha value is -2.47. The molecule has 1 fully saturated rings. The average molecular weight is 435 g/mol. The van der Waals surface area contributed by atoms with Crippen molar-refractivity contribution in [2.75, 3.05) is 13.1 Å². The lowest BCUT2D eigenvalue weighted by Gasteiger charge is -2.18. The minimum atomic E-state index is -0.867. The van der Waals surface area contributed by atoms with Crippen LogP contribution in [0.3, 0.4) is 0 Å². The molecule has 1 aliphatic heterocycles. The van der Waals surface area contributed by atoms with Crippen LogP contribution in [0.25, 0.3) is 6.08 Å². The van der Waals surface area contributed by atoms with Crippen molar-refractivity contribution in [3.8, 4) is 5.75 Å². The summed E-state index contributed by atoms with van der Waals surface area (Å²) in [4.78, 5) is 18.2. The number of rotatable bonds is 7. The molecule has 1 saturated heterocycles. The number of likely N-dealkylation sites (tertiary alicyclic amines) is 1. The average Bonchev–Trinajstić information content (AvgIpc) is 3.18. The molecule has 3 rings (SSSR count). The first-order valence-corrected chi connectivity index (χ1v) is 10.5. The highest BCUT2D eigenvalue weighted by Crippen LogP contribution is 2.27. The molecule has 1 aromatic carbocycles. The zero-order chi connectivity index (χ0) is 21.7. The Balaban J connectivity index is 1.63. The highest BCUT2D eigenvalue weighted by atomic mass is 35.5. The number of amides is 1. The number of carbonyl (C=O) groups is 1. The lowest BCUT2D eigenvalue weighted by molar-refractivity contribution is 0.0767. The van der Waals surface area contributed by atoms with Crippen LogP contribution in [-0.4, -0.2) is 35.0 Å². The molecule has 0 N–H and O–H groups in total. The second-order valence-electron chi connectivity index (χ2n) is 7.61. The van der Waals surface area contributed by atoms with Crippen molar-refractivity contribution < 1.29 is 18.3 Å². The Morgan fingerprint density at radius 1 is 1.40 bits per heavy atom. The number of nitrogens with zero attached hydrogens (tertiary/aromatic N) is 2. The van der Waals surface area contributed by atoms with Crippen LogP contribution in [0.4, 0.5) is 8.78 Å². The van der Waals surface area contributed by atoms with Crippen LogP contribution in [0.2, 0.25) is 5.15 Å². The van der Waals surface area contributed by atoms with Crippen molar-refractivity contribution in [1.29, 1.82) is 0 Å². The van der Waals surface area contributed by atoms with Gasteiger partial charge in [0.25, 0.3) is 5.91 Å². The molecule has 4 nitrogen and oxygen atoms in total. The summed E-state index contributed by atoms with van der Waals surface area (Å²) in [7, 11) is 0. The summed E-state index contributed by atoms with van der Waals surface area (Å²) in [5.74, 6) is -0.996. The van der Waals surface area contributed by atoms with Crippen molar-refractivity contribution in [2.24, 2.45) is 5.92 Å². The molecule has 1 aliphatic rings. The van der Waals surface area contributed by atoms with E-state index in [2.05, 4.69) is 24.9 Å². The quantitative estimate of drug-likeness (QED) is 0.520. The van der Waals surface area contributed by atoms with Gasteiger partial charge >= 0.3 is 0 Å². The third-order valence-corrected chi connectivity index (χ3v) is 5.54. The van der Waals surface area contributed by atoms with E-state index in [1.165, 1.54) is 4.90 Å². The first-order valence-electron chi connectivity index (χ1n) is 10.1. The molecule has 2 aromatic rings. The number of ether oxygens (including phenoxy) is 1. The number of aromatic nitrogens is 1. The van der Waals surface area contributed by atoms with E-state index in [0.717, 1.165) is 30.5 Å². The minimum absolute atomic E-state index is 0.148. The Morgan fingerprint density at radius 3 is 2.93 bits per heavy atom. The SMILES string of the molecule is CC[C@@H](C)C/C=C/c1cnc(Cl)c(O[C@H]2CCN(C(=O)c3ccc(F)cc3F)C2)c1. The molecule has 0 aliphatic carbocycles. The number of carbonyl (C=O) groups excluding carboxylic acids is 1. The molecule has 1 aromatic heterocycles. The molecular weight excluding hydrogens is 410 g/mol. The molecule has 0 radical (unpaired) electrons. The van der Waals surface area contributed by atoms with E-state index in [-0.39, 0.29) is 16.8 Å². The molecule has 7 heteroatoms. The molecular formula is C23H25ClF2N2O2. The van der Waals surface area contributed by atoms with Crippen molar-refractivity contribution in [1.82, 2.24) is 9.88 Å². The van der Waals surface area contributed by atoms with Crippen molar-refractivity contribution in [3.63, 3.8) is 0 Å². The minimum Gasteiger partial charge on any atom is -0.485 e. The van der Waals surface area contributed by atoms with Gasteiger partial charge in [-0.1, -0.05) is 44.0 Å². The summed E-state index contributed by atoms with van der Waals surface area (Å²) in [6.07, 6.45) is 8.19. The van der Waals surface area contributed by atoms with Gasteiger partial charge in [0.15, 0.2) is 10.9 Å². The second kappa shape index (κ2) is 10.0. The molecule has 0 saturated carbocycles. The molecule has 2 heterocycles. The van der Waals surface area contributed by atoms with Crippen LogP contribution in [-0.2, 0) is 0 Å². The van der Waals surface area contributed by atoms with E-state index in [1.807, 2.05) is 12.1 Å². The van der Waals surface area contributed by atoms with Crippen LogP contribution in [0.1, 0.15) is 49.0 Å². The molecule has 2 atom stereocenters. The fourth-order valence-corrected chi connectivity index (χ4v) is 3.39. The number of benzene rings is 1. The van der Waals surface area contributed by atoms with Crippen LogP contribution >= 0.6 is 11.6 Å². The maximum absolute atomic E-state index is 13.9. The van der Waals surface area contributed by atoms with Gasteiger partial charge in [-0.25, -0.2) is 13.8 Å². The summed E-state index contributed by atoms with van der Waals surface area (Å²) in [6.45, 7) is 5.07. The Morgan fingerprint density at radius 2 is 2.20 bits per heavy atom. The van der Waals surface area contributed by atoms with E-state index in [9.17, 15) is 13.6 Å². The van der Waals surface area contributed by atoms with Gasteiger partial charge in [0.2, 0.25) is 0 Å². The van der Waals surface area contributed by atoms with Crippen molar-refractivity contribution in [2.45, 2.75) is 39.2 Å². The molecule has 0 bridgehead atoms. The summed E-state index contributed by atoms with van der Waals surface area (Å²) in [5, 5.41) is 0.253. The molecule has 0 unspecified atom stereocenters. The van der Waals surface area contributed by atoms with Gasteiger partial charge in [-0.05, 0) is 36.1 Å². The Kier molecular flexibility index (Phi) is 7.43. The maximum Gasteiger partial charge on any atom is 0.256 e. The van der Waals surface area contributed by atoms with Gasteiger partial charge in [0.1, 0.15) is 17.7 Å². The largest absolute Gasteiger partial charge is 0.485 e. The summed E-state index contributed by atoms with van der Waals surface area (Å²) >= 11 is 6.19. The normalized spacial score (nSPS) is 17.5. The standard InChI is InChI=1S/C23H25ClF2N2O2/c1-3-15(2)5-4-6-16-11-21(22(24)27-13-16)30-18-9-10-28(14-18)23(29)19-8-7-17(25)12-20(19)26/h4,6-8,11-13,15,18H,3,5,9-10,14H2,1-2H3/b6-4+/t15-,18+/m1/s1. The fourth-order valence-electron chi connectivity index (χ4n) is 3.24.